The van der Waals surface area contributed by atoms with Crippen molar-refractivity contribution in [2.75, 3.05) is 5.73 Å². The van der Waals surface area contributed by atoms with Gasteiger partial charge in [-0.25, -0.2) is 9.59 Å². The molecule has 1 heterocycles. The van der Waals surface area contributed by atoms with Crippen LogP contribution in [-0.2, 0) is 0 Å². The molecule has 0 saturated carbocycles. The van der Waals surface area contributed by atoms with Gasteiger partial charge in [0, 0.05) is 15.7 Å². The predicted octanol–water partition coefficient (Wildman–Crippen LogP) is 1.67. The number of fused-ring (bicyclic) bond motifs is 1. The highest BCUT2D eigenvalue weighted by Gasteiger charge is 2.06. The van der Waals surface area contributed by atoms with E-state index in [-0.39, 0.29) is 16.7 Å². The fourth-order valence-electron chi connectivity index (χ4n) is 1.85. The van der Waals surface area contributed by atoms with Gasteiger partial charge in [-0.05, 0) is 36.4 Å². The second-order valence-electron chi connectivity index (χ2n) is 4.63. The Morgan fingerprint density at radius 1 is 1.00 bits per heavy atom. The number of aromatic nitrogens is 2. The van der Waals surface area contributed by atoms with Crippen molar-refractivity contribution in [3.63, 3.8) is 0 Å². The lowest BCUT2D eigenvalue weighted by atomic mass is 10.2. The molecule has 0 fully saturated rings. The van der Waals surface area contributed by atoms with Gasteiger partial charge in [0.05, 0.1) is 16.5 Å². The van der Waals surface area contributed by atoms with Crippen LogP contribution in [-0.4, -0.2) is 26.5 Å². The number of carboxylic acid groups (broad SMARTS) is 1. The number of anilines is 1. The normalized spacial score (nSPS) is 9.68. The zero-order chi connectivity index (χ0) is 17.9. The number of carbonyl (C=O) groups is 1. The minimum absolute atomic E-state index is 0. The van der Waals surface area contributed by atoms with Gasteiger partial charge < -0.3 is 21.3 Å². The van der Waals surface area contributed by atoms with Crippen LogP contribution in [0.2, 0.25) is 10.0 Å². The first kappa shape index (κ1) is 20.2. The maximum Gasteiger partial charge on any atom is 0.337 e. The van der Waals surface area contributed by atoms with E-state index < -0.39 is 17.2 Å². The summed E-state index contributed by atoms with van der Waals surface area (Å²) in [4.78, 5) is 37.1. The van der Waals surface area contributed by atoms with Crippen molar-refractivity contribution >= 4 is 45.8 Å². The van der Waals surface area contributed by atoms with Gasteiger partial charge in [-0.15, -0.1) is 0 Å². The Bertz CT molecular complexity index is 1030. The molecule has 8 nitrogen and oxygen atoms in total. The van der Waals surface area contributed by atoms with E-state index in [0.29, 0.717) is 20.9 Å². The molecule has 0 atom stereocenters. The Balaban J connectivity index is 0.000000244. The first-order chi connectivity index (χ1) is 11.3. The van der Waals surface area contributed by atoms with Gasteiger partial charge in [0.2, 0.25) is 0 Å². The summed E-state index contributed by atoms with van der Waals surface area (Å²) in [6.07, 6.45) is 0. The molecule has 0 amide bonds. The third-order valence-corrected chi connectivity index (χ3v) is 3.42. The Morgan fingerprint density at radius 2 is 1.60 bits per heavy atom. The van der Waals surface area contributed by atoms with Crippen LogP contribution in [0.25, 0.3) is 10.9 Å². The number of rotatable bonds is 1. The number of aromatic amines is 2. The molecule has 3 aromatic rings. The van der Waals surface area contributed by atoms with Crippen molar-refractivity contribution in [3.05, 3.63) is 72.8 Å². The lowest BCUT2D eigenvalue weighted by Crippen LogP contribution is -2.21. The van der Waals surface area contributed by atoms with Crippen LogP contribution in [0.4, 0.5) is 5.69 Å². The molecule has 1 aromatic heterocycles. The molecule has 0 spiro atoms. The quantitative estimate of drug-likeness (QED) is 0.467. The number of nitrogens with two attached hydrogens (primary N) is 1. The van der Waals surface area contributed by atoms with Crippen molar-refractivity contribution < 1.29 is 15.4 Å². The molecule has 7 N–H and O–H groups in total. The van der Waals surface area contributed by atoms with Gasteiger partial charge in [-0.2, -0.15) is 0 Å². The van der Waals surface area contributed by atoms with E-state index in [1.54, 1.807) is 18.2 Å². The number of benzene rings is 2. The summed E-state index contributed by atoms with van der Waals surface area (Å²) in [5, 5.41) is 9.77. The molecule has 0 unspecified atom stereocenters. The predicted molar refractivity (Wildman–Crippen MR) is 96.6 cm³/mol. The van der Waals surface area contributed by atoms with E-state index >= 15 is 0 Å². The van der Waals surface area contributed by atoms with Crippen LogP contribution < -0.4 is 17.0 Å². The van der Waals surface area contributed by atoms with Gasteiger partial charge in [0.1, 0.15) is 0 Å². The molecular weight excluding hydrogens is 373 g/mol. The molecule has 3 rings (SSSR count). The maximum atomic E-state index is 11.2. The molecule has 0 radical (unpaired) electrons. The summed E-state index contributed by atoms with van der Waals surface area (Å²) >= 11 is 11.2. The molecule has 0 aliphatic carbocycles. The zero-order valence-electron chi connectivity index (χ0n) is 12.5. The summed E-state index contributed by atoms with van der Waals surface area (Å²) in [6, 6.07) is 9.04. The lowest BCUT2D eigenvalue weighted by Gasteiger charge is -1.99. The summed E-state index contributed by atoms with van der Waals surface area (Å²) < 4.78 is 0. The van der Waals surface area contributed by atoms with Crippen LogP contribution in [0.5, 0.6) is 0 Å². The second kappa shape index (κ2) is 8.34. The minimum Gasteiger partial charge on any atom is -0.478 e. The van der Waals surface area contributed by atoms with Gasteiger partial charge in [0.25, 0.3) is 5.56 Å². The average Bonchev–Trinajstić information content (AvgIpc) is 2.51. The minimum atomic E-state index is -1.06. The highest BCUT2D eigenvalue weighted by Crippen LogP contribution is 2.17. The number of H-pyrrole nitrogens is 2. The summed E-state index contributed by atoms with van der Waals surface area (Å²) in [5.74, 6) is -1.06. The van der Waals surface area contributed by atoms with E-state index in [1.807, 2.05) is 0 Å². The number of halogens is 2. The maximum absolute atomic E-state index is 11.2. The number of aromatic carboxylic acids is 1. The molecule has 132 valence electrons. The van der Waals surface area contributed by atoms with E-state index in [4.69, 9.17) is 34.0 Å². The highest BCUT2D eigenvalue weighted by molar-refractivity contribution is 6.31. The van der Waals surface area contributed by atoms with Gasteiger partial charge in [0.15, 0.2) is 0 Å². The Labute approximate surface area is 150 Å². The molecule has 25 heavy (non-hydrogen) atoms. The van der Waals surface area contributed by atoms with Crippen LogP contribution in [0.3, 0.4) is 0 Å². The first-order valence-corrected chi connectivity index (χ1v) is 7.23. The van der Waals surface area contributed by atoms with Crippen molar-refractivity contribution in [2.24, 2.45) is 0 Å². The zero-order valence-corrected chi connectivity index (χ0v) is 14.0. The number of hydrogen-bond donors (Lipinski definition) is 4. The fourth-order valence-corrected chi connectivity index (χ4v) is 2.20. The SMILES string of the molecule is Nc1ccc(Cl)cc1C(=O)O.O.O=c1[nH]c(=O)c2cc(Cl)ccc2[nH]1. The van der Waals surface area contributed by atoms with Gasteiger partial charge in [-0.1, -0.05) is 23.2 Å². The second-order valence-corrected chi connectivity index (χ2v) is 5.51. The Kier molecular flexibility index (Phi) is 6.75. The number of nitrogen functional groups attached to an aromatic ring is 1. The van der Waals surface area contributed by atoms with E-state index in [1.165, 1.54) is 18.2 Å². The molecule has 0 bridgehead atoms. The van der Waals surface area contributed by atoms with E-state index in [0.717, 1.165) is 0 Å². The van der Waals surface area contributed by atoms with Crippen LogP contribution in [0.1, 0.15) is 10.4 Å². The summed E-state index contributed by atoms with van der Waals surface area (Å²) in [5.41, 5.74) is 5.16. The van der Waals surface area contributed by atoms with E-state index in [9.17, 15) is 14.4 Å². The molecule has 0 aliphatic heterocycles. The molecular formula is C15H13Cl2N3O5. The summed E-state index contributed by atoms with van der Waals surface area (Å²) in [7, 11) is 0. The number of nitrogens with one attached hydrogen (secondary N) is 2. The van der Waals surface area contributed by atoms with Crippen molar-refractivity contribution in [2.45, 2.75) is 0 Å². The van der Waals surface area contributed by atoms with Crippen molar-refractivity contribution in [1.29, 1.82) is 0 Å². The largest absolute Gasteiger partial charge is 0.478 e. The first-order valence-electron chi connectivity index (χ1n) is 6.48. The van der Waals surface area contributed by atoms with Crippen LogP contribution in [0, 0.1) is 0 Å². The van der Waals surface area contributed by atoms with Crippen molar-refractivity contribution in [1.82, 2.24) is 9.97 Å². The van der Waals surface area contributed by atoms with Crippen molar-refractivity contribution in [3.8, 4) is 0 Å². The topological polar surface area (TPSA) is 161 Å². The number of carboxylic acids is 1. The summed E-state index contributed by atoms with van der Waals surface area (Å²) in [6.45, 7) is 0. The number of hydrogen-bond acceptors (Lipinski definition) is 4. The third-order valence-electron chi connectivity index (χ3n) is 2.95. The fraction of sp³-hybridized carbons (Fsp3) is 0. The standard InChI is InChI=1S/C8H5ClN2O2.C7H6ClNO2.H2O/c9-4-1-2-6-5(3-4)7(12)11-8(13)10-6;8-4-1-2-6(9)5(3-4)7(10)11;/h1-3H,(H2,10,11,12,13);1-3H,9H2,(H,10,11);1H2. The highest BCUT2D eigenvalue weighted by atomic mass is 35.5. The van der Waals surface area contributed by atoms with Gasteiger partial charge in [-0.3, -0.25) is 9.78 Å². The molecule has 0 aliphatic rings. The molecule has 10 heteroatoms. The molecule has 0 saturated heterocycles. The van der Waals surface area contributed by atoms with Crippen LogP contribution >= 0.6 is 23.2 Å². The lowest BCUT2D eigenvalue weighted by molar-refractivity contribution is 0.0698. The Morgan fingerprint density at radius 3 is 2.20 bits per heavy atom. The third kappa shape index (κ3) is 5.08. The molecule has 2 aromatic carbocycles. The van der Waals surface area contributed by atoms with Gasteiger partial charge >= 0.3 is 11.7 Å². The Hall–Kier alpha value is -2.81. The monoisotopic (exact) mass is 385 g/mol. The van der Waals surface area contributed by atoms with E-state index in [2.05, 4.69) is 9.97 Å². The average molecular weight is 386 g/mol. The van der Waals surface area contributed by atoms with Crippen LogP contribution in [0.15, 0.2) is 46.0 Å². The smallest absolute Gasteiger partial charge is 0.337 e.